The Morgan fingerprint density at radius 3 is 2.57 bits per heavy atom. The minimum Gasteiger partial charge on any atom is -0.351 e. The van der Waals surface area contributed by atoms with E-state index in [1.807, 2.05) is 61.5 Å². The summed E-state index contributed by atoms with van der Waals surface area (Å²) in [5, 5.41) is 4.70. The largest absolute Gasteiger partial charge is 0.351 e. The first-order valence-corrected chi connectivity index (χ1v) is 7.15. The lowest BCUT2D eigenvalue weighted by molar-refractivity contribution is 0.0935. The quantitative estimate of drug-likeness (QED) is 0.743. The lowest BCUT2D eigenvalue weighted by atomic mass is 10.1. The van der Waals surface area contributed by atoms with Gasteiger partial charge in [-0.15, -0.1) is 0 Å². The maximum Gasteiger partial charge on any atom is 0.268 e. The van der Waals surface area contributed by atoms with Gasteiger partial charge in [0.2, 0.25) is 0 Å². The molecule has 2 N–H and O–H groups in total. The maximum absolute atomic E-state index is 12.3. The minimum absolute atomic E-state index is 0.0822. The molecule has 0 radical (unpaired) electrons. The molecule has 0 aliphatic heterocycles. The molecule has 1 atom stereocenters. The van der Waals surface area contributed by atoms with Crippen molar-refractivity contribution in [2.75, 3.05) is 0 Å². The molecule has 1 aromatic heterocycles. The summed E-state index contributed by atoms with van der Waals surface area (Å²) in [5.41, 5.74) is 2.54. The summed E-state index contributed by atoms with van der Waals surface area (Å²) < 4.78 is 0. The first-order valence-electron chi connectivity index (χ1n) is 6.77. The summed E-state index contributed by atoms with van der Waals surface area (Å²) in [6, 6.07) is 17.1. The van der Waals surface area contributed by atoms with Crippen LogP contribution < -0.4 is 5.32 Å². The van der Waals surface area contributed by atoms with E-state index in [0.29, 0.717) is 10.7 Å². The lowest BCUT2D eigenvalue weighted by Gasteiger charge is -2.13. The van der Waals surface area contributed by atoms with Crippen LogP contribution in [0, 0.1) is 0 Å². The molecule has 2 aromatic carbocycles. The third-order valence-corrected chi connectivity index (χ3v) is 3.74. The maximum atomic E-state index is 12.3. The topological polar surface area (TPSA) is 44.9 Å². The summed E-state index contributed by atoms with van der Waals surface area (Å²) in [4.78, 5) is 15.4. The van der Waals surface area contributed by atoms with Crippen LogP contribution in [0.1, 0.15) is 29.0 Å². The van der Waals surface area contributed by atoms with Crippen LogP contribution in [-0.4, -0.2) is 10.9 Å². The fourth-order valence-electron chi connectivity index (χ4n) is 2.30. The zero-order valence-electron chi connectivity index (χ0n) is 11.6. The van der Waals surface area contributed by atoms with Crippen LogP contribution in [0.2, 0.25) is 5.02 Å². The van der Waals surface area contributed by atoms with Crippen molar-refractivity contribution in [2.45, 2.75) is 13.0 Å². The second-order valence-electron chi connectivity index (χ2n) is 5.02. The summed E-state index contributed by atoms with van der Waals surface area (Å²) in [5.74, 6) is -0.117. The molecule has 1 heterocycles. The van der Waals surface area contributed by atoms with Gasteiger partial charge in [-0.25, -0.2) is 0 Å². The first-order chi connectivity index (χ1) is 10.1. The van der Waals surface area contributed by atoms with E-state index in [0.717, 1.165) is 16.5 Å². The molecule has 0 bridgehead atoms. The highest BCUT2D eigenvalue weighted by Gasteiger charge is 2.13. The molecular weight excluding hydrogens is 284 g/mol. The van der Waals surface area contributed by atoms with Crippen molar-refractivity contribution in [3.63, 3.8) is 0 Å². The second kappa shape index (κ2) is 5.62. The first kappa shape index (κ1) is 13.7. The third-order valence-electron chi connectivity index (χ3n) is 3.49. The number of rotatable bonds is 3. The Bertz CT molecular complexity index is 744. The van der Waals surface area contributed by atoms with Gasteiger partial charge in [-0.05, 0) is 36.8 Å². The van der Waals surface area contributed by atoms with Crippen LogP contribution in [0.3, 0.4) is 0 Å². The van der Waals surface area contributed by atoms with Gasteiger partial charge in [0.25, 0.3) is 5.91 Å². The van der Waals surface area contributed by atoms with Crippen LogP contribution in [0.5, 0.6) is 0 Å². The molecule has 0 saturated heterocycles. The highest BCUT2D eigenvalue weighted by Crippen LogP contribution is 2.18. The molecule has 1 amide bonds. The number of amides is 1. The number of H-pyrrole nitrogens is 1. The van der Waals surface area contributed by atoms with Gasteiger partial charge < -0.3 is 10.3 Å². The Kier molecular flexibility index (Phi) is 3.67. The van der Waals surface area contributed by atoms with Crippen molar-refractivity contribution in [1.29, 1.82) is 0 Å². The van der Waals surface area contributed by atoms with E-state index in [1.54, 1.807) is 0 Å². The molecule has 106 valence electrons. The van der Waals surface area contributed by atoms with Crippen molar-refractivity contribution < 1.29 is 4.79 Å². The van der Waals surface area contributed by atoms with Crippen molar-refractivity contribution in [3.05, 3.63) is 70.9 Å². The van der Waals surface area contributed by atoms with E-state index < -0.39 is 0 Å². The summed E-state index contributed by atoms with van der Waals surface area (Å²) >= 11 is 5.87. The molecule has 0 spiro atoms. The number of hydrogen-bond acceptors (Lipinski definition) is 1. The molecule has 3 rings (SSSR count). The number of carbonyl (C=O) groups excluding carboxylic acids is 1. The van der Waals surface area contributed by atoms with E-state index >= 15 is 0 Å². The number of nitrogens with one attached hydrogen (secondary N) is 2. The average Bonchev–Trinajstić information content (AvgIpc) is 2.92. The zero-order valence-corrected chi connectivity index (χ0v) is 12.3. The Morgan fingerprint density at radius 1 is 1.14 bits per heavy atom. The number of hydrogen-bond donors (Lipinski definition) is 2. The molecule has 4 heteroatoms. The van der Waals surface area contributed by atoms with Crippen molar-refractivity contribution >= 4 is 28.4 Å². The number of carbonyl (C=O) groups is 1. The Morgan fingerprint density at radius 2 is 1.86 bits per heavy atom. The van der Waals surface area contributed by atoms with Crippen molar-refractivity contribution in [2.24, 2.45) is 0 Å². The average molecular weight is 299 g/mol. The highest BCUT2D eigenvalue weighted by molar-refractivity contribution is 6.30. The predicted octanol–water partition coefficient (Wildman–Crippen LogP) is 4.31. The number of halogens is 1. The number of fused-ring (bicyclic) bond motifs is 1. The van der Waals surface area contributed by atoms with Gasteiger partial charge in [0.15, 0.2) is 0 Å². The van der Waals surface area contributed by atoms with Crippen LogP contribution in [0.4, 0.5) is 0 Å². The molecule has 0 unspecified atom stereocenters. The van der Waals surface area contributed by atoms with Crippen molar-refractivity contribution in [3.8, 4) is 0 Å². The monoisotopic (exact) mass is 298 g/mol. The fourth-order valence-corrected chi connectivity index (χ4v) is 2.43. The summed E-state index contributed by atoms with van der Waals surface area (Å²) in [6.45, 7) is 1.95. The minimum atomic E-state index is -0.117. The second-order valence-corrected chi connectivity index (χ2v) is 5.45. The number of aromatic amines is 1. The normalized spacial score (nSPS) is 12.3. The molecule has 0 aliphatic carbocycles. The van der Waals surface area contributed by atoms with E-state index in [-0.39, 0.29) is 11.9 Å². The number of para-hydroxylation sites is 1. The summed E-state index contributed by atoms with van der Waals surface area (Å²) in [6.07, 6.45) is 0. The third kappa shape index (κ3) is 2.93. The smallest absolute Gasteiger partial charge is 0.268 e. The van der Waals surface area contributed by atoms with Gasteiger partial charge in [0, 0.05) is 15.9 Å². The standard InChI is InChI=1S/C17H15ClN2O/c1-11(12-6-8-14(18)9-7-12)19-17(21)16-10-13-4-2-3-5-15(13)20-16/h2-11,20H,1H3,(H,19,21)/t11-/m1/s1. The Balaban J connectivity index is 1.77. The van der Waals surface area contributed by atoms with E-state index in [4.69, 9.17) is 11.6 Å². The van der Waals surface area contributed by atoms with E-state index in [2.05, 4.69) is 10.3 Å². The molecule has 3 nitrogen and oxygen atoms in total. The molecule has 21 heavy (non-hydrogen) atoms. The fraction of sp³-hybridized carbons (Fsp3) is 0.118. The predicted molar refractivity (Wildman–Crippen MR) is 85.6 cm³/mol. The summed E-state index contributed by atoms with van der Waals surface area (Å²) in [7, 11) is 0. The Labute approximate surface area is 127 Å². The van der Waals surface area contributed by atoms with Gasteiger partial charge in [-0.1, -0.05) is 41.9 Å². The molecule has 0 fully saturated rings. The Hall–Kier alpha value is -2.26. The molecule has 0 aliphatic rings. The van der Waals surface area contributed by atoms with E-state index in [1.165, 1.54) is 0 Å². The van der Waals surface area contributed by atoms with E-state index in [9.17, 15) is 4.79 Å². The zero-order chi connectivity index (χ0) is 14.8. The molecular formula is C17H15ClN2O. The van der Waals surface area contributed by atoms with Gasteiger partial charge in [-0.3, -0.25) is 4.79 Å². The lowest BCUT2D eigenvalue weighted by Crippen LogP contribution is -2.26. The van der Waals surface area contributed by atoms with Crippen LogP contribution in [-0.2, 0) is 0 Å². The number of aromatic nitrogens is 1. The van der Waals surface area contributed by atoms with Gasteiger partial charge >= 0.3 is 0 Å². The molecule has 0 saturated carbocycles. The van der Waals surface area contributed by atoms with Crippen LogP contribution >= 0.6 is 11.6 Å². The van der Waals surface area contributed by atoms with Crippen LogP contribution in [0.15, 0.2) is 54.6 Å². The SMILES string of the molecule is C[C@@H](NC(=O)c1cc2ccccc2[nH]1)c1ccc(Cl)cc1. The molecule has 3 aromatic rings. The van der Waals surface area contributed by atoms with Crippen LogP contribution in [0.25, 0.3) is 10.9 Å². The van der Waals surface area contributed by atoms with Gasteiger partial charge in [-0.2, -0.15) is 0 Å². The van der Waals surface area contributed by atoms with Crippen molar-refractivity contribution in [1.82, 2.24) is 10.3 Å². The van der Waals surface area contributed by atoms with Gasteiger partial charge in [0.05, 0.1) is 6.04 Å². The number of benzene rings is 2. The highest BCUT2D eigenvalue weighted by atomic mass is 35.5. The van der Waals surface area contributed by atoms with Gasteiger partial charge in [0.1, 0.15) is 5.69 Å².